The summed E-state index contributed by atoms with van der Waals surface area (Å²) in [5.41, 5.74) is -0.948. The van der Waals surface area contributed by atoms with E-state index in [0.29, 0.717) is 17.2 Å². The van der Waals surface area contributed by atoms with E-state index in [1.165, 1.54) is 11.8 Å². The monoisotopic (exact) mass is 346 g/mol. The van der Waals surface area contributed by atoms with Crippen molar-refractivity contribution in [1.82, 2.24) is 15.0 Å². The van der Waals surface area contributed by atoms with E-state index in [-0.39, 0.29) is 11.9 Å². The first-order valence-electron chi connectivity index (χ1n) is 6.57. The van der Waals surface area contributed by atoms with E-state index in [0.717, 1.165) is 19.8 Å². The molecule has 0 amide bonds. The summed E-state index contributed by atoms with van der Waals surface area (Å²) in [6, 6.07) is 0. The number of rotatable bonds is 5. The third-order valence-corrected chi connectivity index (χ3v) is 3.51. The Morgan fingerprint density at radius 2 is 2.00 bits per heavy atom. The summed E-state index contributed by atoms with van der Waals surface area (Å²) in [7, 11) is 0. The minimum Gasteiger partial charge on any atom is -0.504 e. The molecule has 0 aromatic carbocycles. The van der Waals surface area contributed by atoms with E-state index in [2.05, 4.69) is 19.9 Å². The second kappa shape index (κ2) is 6.65. The highest BCUT2D eigenvalue weighted by Crippen LogP contribution is 2.38. The highest BCUT2D eigenvalue weighted by molar-refractivity contribution is 7.98. The Labute approximate surface area is 134 Å². The van der Waals surface area contributed by atoms with Gasteiger partial charge in [0.1, 0.15) is 5.82 Å². The molecule has 1 aromatic heterocycles. The van der Waals surface area contributed by atoms with Crippen molar-refractivity contribution in [3.05, 3.63) is 17.2 Å². The first kappa shape index (κ1) is 17.4. The van der Waals surface area contributed by atoms with Crippen molar-refractivity contribution >= 4 is 29.7 Å². The molecule has 124 valence electrons. The Morgan fingerprint density at radius 1 is 1.35 bits per heavy atom. The van der Waals surface area contributed by atoms with Gasteiger partial charge in [0, 0.05) is 12.1 Å². The number of alkyl halides is 3. The van der Waals surface area contributed by atoms with Gasteiger partial charge in [0.2, 0.25) is 5.76 Å². The summed E-state index contributed by atoms with van der Waals surface area (Å²) in [4.78, 5) is 27.2. The lowest BCUT2D eigenvalue weighted by Gasteiger charge is -2.07. The zero-order valence-corrected chi connectivity index (χ0v) is 13.1. The molecule has 1 fully saturated rings. The normalized spacial score (nSPS) is 16.6. The number of hydrogen-bond acceptors (Lipinski definition) is 7. The predicted molar refractivity (Wildman–Crippen MR) is 78.1 cm³/mol. The summed E-state index contributed by atoms with van der Waals surface area (Å²) < 4.78 is 37.5. The summed E-state index contributed by atoms with van der Waals surface area (Å²) in [5, 5.41) is 9.52. The Hall–Kier alpha value is -1.97. The molecular formula is C13H13F3N4O2S. The van der Waals surface area contributed by atoms with Gasteiger partial charge < -0.3 is 5.11 Å². The molecule has 1 heterocycles. The van der Waals surface area contributed by atoms with Crippen LogP contribution in [0.3, 0.4) is 0 Å². The molecule has 1 aliphatic carbocycles. The van der Waals surface area contributed by atoms with E-state index >= 15 is 0 Å². The average molecular weight is 346 g/mol. The molecule has 1 aliphatic rings. The maximum absolute atomic E-state index is 12.5. The van der Waals surface area contributed by atoms with Crippen molar-refractivity contribution in [2.45, 2.75) is 37.0 Å². The Balaban J connectivity index is 2.37. The van der Waals surface area contributed by atoms with Gasteiger partial charge in [0.15, 0.2) is 10.9 Å². The van der Waals surface area contributed by atoms with E-state index in [4.69, 9.17) is 5.11 Å². The number of aliphatic hydroxyl groups excluding tert-OH is 1. The molecule has 0 radical (unpaired) electrons. The first-order valence-corrected chi connectivity index (χ1v) is 7.80. The van der Waals surface area contributed by atoms with Crippen LogP contribution in [0.25, 0.3) is 0 Å². The van der Waals surface area contributed by atoms with Gasteiger partial charge in [-0.25, -0.2) is 9.98 Å². The number of carbonyl (C=O) groups is 1. The van der Waals surface area contributed by atoms with Gasteiger partial charge in [-0.3, -0.25) is 4.79 Å². The molecule has 1 saturated carbocycles. The predicted octanol–water partition coefficient (Wildman–Crippen LogP) is 3.14. The third kappa shape index (κ3) is 4.50. The molecule has 1 aromatic rings. The number of halogens is 3. The van der Waals surface area contributed by atoms with Crippen LogP contribution in [0.5, 0.6) is 0 Å². The third-order valence-electron chi connectivity index (χ3n) is 2.96. The Kier molecular flexibility index (Phi) is 5.03. The van der Waals surface area contributed by atoms with Gasteiger partial charge in [-0.05, 0) is 26.0 Å². The zero-order valence-electron chi connectivity index (χ0n) is 12.3. The average Bonchev–Trinajstić information content (AvgIpc) is 3.30. The van der Waals surface area contributed by atoms with Crippen LogP contribution in [0.4, 0.5) is 19.1 Å². The largest absolute Gasteiger partial charge is 0.504 e. The van der Waals surface area contributed by atoms with Crippen molar-refractivity contribution in [2.75, 3.05) is 6.26 Å². The van der Waals surface area contributed by atoms with Crippen LogP contribution < -0.4 is 0 Å². The molecule has 0 bridgehead atoms. The van der Waals surface area contributed by atoms with Gasteiger partial charge >= 0.3 is 6.18 Å². The molecule has 0 unspecified atom stereocenters. The number of aliphatic imine (C=N–C) groups is 1. The number of Topliss-reactive ketones (excluding diaryl/α,β-unsaturated/α-hetero) is 1. The highest BCUT2D eigenvalue weighted by atomic mass is 32.2. The SMILES string of the molecule is CSc1nc(N=CC(C(C)=O)=C(O)C(F)(F)F)nc(C2CC2)n1. The van der Waals surface area contributed by atoms with Crippen LogP contribution >= 0.6 is 11.8 Å². The van der Waals surface area contributed by atoms with Crippen molar-refractivity contribution in [2.24, 2.45) is 4.99 Å². The van der Waals surface area contributed by atoms with Crippen LogP contribution in [-0.4, -0.2) is 44.5 Å². The number of hydrogen-bond donors (Lipinski definition) is 1. The summed E-state index contributed by atoms with van der Waals surface area (Å²) >= 11 is 1.25. The van der Waals surface area contributed by atoms with Crippen molar-refractivity contribution < 1.29 is 23.1 Å². The maximum Gasteiger partial charge on any atom is 0.449 e. The van der Waals surface area contributed by atoms with Crippen LogP contribution in [0.2, 0.25) is 0 Å². The Bertz CT molecular complexity index is 684. The van der Waals surface area contributed by atoms with Gasteiger partial charge in [-0.1, -0.05) is 11.8 Å². The molecule has 0 saturated heterocycles. The van der Waals surface area contributed by atoms with E-state index in [9.17, 15) is 18.0 Å². The summed E-state index contributed by atoms with van der Waals surface area (Å²) in [6.45, 7) is 0.902. The molecule has 6 nitrogen and oxygen atoms in total. The van der Waals surface area contributed by atoms with Crippen LogP contribution in [0.1, 0.15) is 31.5 Å². The molecule has 23 heavy (non-hydrogen) atoms. The fraction of sp³-hybridized carbons (Fsp3) is 0.462. The van der Waals surface area contributed by atoms with E-state index in [1.54, 1.807) is 6.26 Å². The number of ketones is 1. The smallest absolute Gasteiger partial charge is 0.449 e. The van der Waals surface area contributed by atoms with Crippen molar-refractivity contribution in [3.63, 3.8) is 0 Å². The number of allylic oxidation sites excluding steroid dienone is 2. The van der Waals surface area contributed by atoms with Gasteiger partial charge in [-0.2, -0.15) is 23.1 Å². The second-order valence-electron chi connectivity index (χ2n) is 4.83. The lowest BCUT2D eigenvalue weighted by Crippen LogP contribution is -2.17. The fourth-order valence-electron chi connectivity index (χ4n) is 1.63. The van der Waals surface area contributed by atoms with Gasteiger partial charge in [0.05, 0.1) is 5.57 Å². The standard InChI is InChI=1S/C13H13F3N4O2S/c1-6(21)8(9(22)13(14,15)16)5-17-11-18-10(7-3-4-7)19-12(20-11)23-2/h5,7,22H,3-4H2,1-2H3. The lowest BCUT2D eigenvalue weighted by atomic mass is 10.1. The van der Waals surface area contributed by atoms with Crippen molar-refractivity contribution in [3.8, 4) is 0 Å². The minimum absolute atomic E-state index is 0.0972. The van der Waals surface area contributed by atoms with Crippen LogP contribution in [-0.2, 0) is 4.79 Å². The topological polar surface area (TPSA) is 88.3 Å². The minimum atomic E-state index is -5.03. The van der Waals surface area contributed by atoms with Crippen LogP contribution in [0, 0.1) is 0 Å². The zero-order chi connectivity index (χ0) is 17.2. The maximum atomic E-state index is 12.5. The summed E-state index contributed by atoms with van der Waals surface area (Å²) in [5.74, 6) is -2.31. The first-order chi connectivity index (χ1) is 10.7. The fourth-order valence-corrected chi connectivity index (χ4v) is 1.99. The number of nitrogens with zero attached hydrogens (tertiary/aromatic N) is 4. The lowest BCUT2D eigenvalue weighted by molar-refractivity contribution is -0.125. The number of aliphatic hydroxyl groups is 1. The summed E-state index contributed by atoms with van der Waals surface area (Å²) in [6.07, 6.45) is -0.782. The van der Waals surface area contributed by atoms with Gasteiger partial charge in [0.25, 0.3) is 5.95 Å². The molecular weight excluding hydrogens is 333 g/mol. The second-order valence-corrected chi connectivity index (χ2v) is 5.60. The highest BCUT2D eigenvalue weighted by Gasteiger charge is 2.37. The molecule has 0 spiro atoms. The molecule has 1 N–H and O–H groups in total. The van der Waals surface area contributed by atoms with E-state index < -0.39 is 23.3 Å². The van der Waals surface area contributed by atoms with E-state index in [1.807, 2.05) is 0 Å². The van der Waals surface area contributed by atoms with Gasteiger partial charge in [-0.15, -0.1) is 0 Å². The van der Waals surface area contributed by atoms with Crippen LogP contribution in [0.15, 0.2) is 21.5 Å². The van der Waals surface area contributed by atoms with Crippen molar-refractivity contribution in [1.29, 1.82) is 0 Å². The number of thioether (sulfide) groups is 1. The number of carbonyl (C=O) groups excluding carboxylic acids is 1. The quantitative estimate of drug-likeness (QED) is 0.381. The molecule has 0 atom stereocenters. The molecule has 10 heteroatoms. The molecule has 2 rings (SSSR count). The number of aromatic nitrogens is 3. The molecule has 0 aliphatic heterocycles. The Morgan fingerprint density at radius 3 is 2.48 bits per heavy atom.